The summed E-state index contributed by atoms with van der Waals surface area (Å²) in [5, 5.41) is 3.88. The second kappa shape index (κ2) is 4.34. The molecule has 1 rings (SSSR count). The van der Waals surface area contributed by atoms with Crippen molar-refractivity contribution in [1.82, 2.24) is 10.3 Å². The molecule has 1 heterocycles. The minimum atomic E-state index is -0.308. The van der Waals surface area contributed by atoms with Crippen molar-refractivity contribution in [2.75, 3.05) is 14.2 Å². The van der Waals surface area contributed by atoms with Gasteiger partial charge in [0.05, 0.1) is 12.8 Å². The van der Waals surface area contributed by atoms with Gasteiger partial charge in [0, 0.05) is 6.54 Å². The first kappa shape index (κ1) is 10.1. The first-order chi connectivity index (χ1) is 6.19. The topological polar surface area (TPSA) is 51.2 Å². The van der Waals surface area contributed by atoms with E-state index >= 15 is 0 Å². The number of hydrogen-bond acceptors (Lipinski definition) is 5. The molecule has 1 aromatic heterocycles. The van der Waals surface area contributed by atoms with E-state index in [4.69, 9.17) is 0 Å². The van der Waals surface area contributed by atoms with Crippen molar-refractivity contribution in [2.45, 2.75) is 13.5 Å². The van der Waals surface area contributed by atoms with Gasteiger partial charge in [-0.3, -0.25) is 0 Å². The average molecular weight is 200 g/mol. The monoisotopic (exact) mass is 200 g/mol. The predicted octanol–water partition coefficient (Wildman–Crippen LogP) is 0.958. The van der Waals surface area contributed by atoms with E-state index in [0.29, 0.717) is 11.4 Å². The van der Waals surface area contributed by atoms with Crippen LogP contribution in [0.3, 0.4) is 0 Å². The lowest BCUT2D eigenvalue weighted by atomic mass is 10.4. The summed E-state index contributed by atoms with van der Waals surface area (Å²) in [6.07, 6.45) is 0. The van der Waals surface area contributed by atoms with Crippen LogP contribution in [0.25, 0.3) is 0 Å². The number of methoxy groups -OCH3 is 1. The Labute approximate surface area is 80.9 Å². The molecule has 5 heteroatoms. The fourth-order valence-corrected chi connectivity index (χ4v) is 1.96. The summed E-state index contributed by atoms with van der Waals surface area (Å²) in [6.45, 7) is 2.49. The Kier molecular flexibility index (Phi) is 3.39. The number of thiazole rings is 1. The van der Waals surface area contributed by atoms with Crippen LogP contribution < -0.4 is 5.32 Å². The normalized spacial score (nSPS) is 10.1. The van der Waals surface area contributed by atoms with Gasteiger partial charge in [-0.05, 0) is 14.0 Å². The van der Waals surface area contributed by atoms with E-state index in [-0.39, 0.29) is 5.97 Å². The molecule has 0 saturated heterocycles. The Bertz CT molecular complexity index is 309. The summed E-state index contributed by atoms with van der Waals surface area (Å²) in [7, 11) is 3.22. The van der Waals surface area contributed by atoms with Gasteiger partial charge in [-0.25, -0.2) is 9.78 Å². The zero-order chi connectivity index (χ0) is 9.84. The van der Waals surface area contributed by atoms with Crippen molar-refractivity contribution in [3.8, 4) is 0 Å². The molecule has 72 valence electrons. The molecule has 1 N–H and O–H groups in total. The standard InChI is InChI=1S/C8H12N2O2S/c1-5-7(8(11)12-3)13-6(10-5)4-9-2/h9H,4H2,1-3H3. The molecule has 4 nitrogen and oxygen atoms in total. The highest BCUT2D eigenvalue weighted by Gasteiger charge is 2.14. The lowest BCUT2D eigenvalue weighted by molar-refractivity contribution is 0.0605. The van der Waals surface area contributed by atoms with E-state index in [1.807, 2.05) is 14.0 Å². The maximum atomic E-state index is 11.2. The van der Waals surface area contributed by atoms with E-state index in [0.717, 1.165) is 10.7 Å². The van der Waals surface area contributed by atoms with Crippen molar-refractivity contribution in [2.24, 2.45) is 0 Å². The summed E-state index contributed by atoms with van der Waals surface area (Å²) in [6, 6.07) is 0. The van der Waals surface area contributed by atoms with Crippen LogP contribution in [0.2, 0.25) is 0 Å². The number of hydrogen-bond donors (Lipinski definition) is 1. The molecule has 0 unspecified atom stereocenters. The fraction of sp³-hybridized carbons (Fsp3) is 0.500. The molecule has 13 heavy (non-hydrogen) atoms. The van der Waals surface area contributed by atoms with Gasteiger partial charge in [0.25, 0.3) is 0 Å². The Morgan fingerprint density at radius 3 is 2.92 bits per heavy atom. The molecule has 0 saturated carbocycles. The smallest absolute Gasteiger partial charge is 0.349 e. The van der Waals surface area contributed by atoms with Gasteiger partial charge in [-0.2, -0.15) is 0 Å². The second-order valence-electron chi connectivity index (χ2n) is 2.54. The molecular formula is C8H12N2O2S. The number of aromatic nitrogens is 1. The van der Waals surface area contributed by atoms with Gasteiger partial charge < -0.3 is 10.1 Å². The van der Waals surface area contributed by atoms with E-state index < -0.39 is 0 Å². The third-order valence-corrected chi connectivity index (χ3v) is 2.68. The Balaban J connectivity index is 2.89. The van der Waals surface area contributed by atoms with Gasteiger partial charge in [0.2, 0.25) is 0 Å². The molecule has 0 aliphatic rings. The molecule has 0 aromatic carbocycles. The zero-order valence-electron chi connectivity index (χ0n) is 7.88. The van der Waals surface area contributed by atoms with Crippen LogP contribution in [0.5, 0.6) is 0 Å². The molecule has 0 bridgehead atoms. The number of ether oxygens (including phenoxy) is 1. The average Bonchev–Trinajstić information content (AvgIpc) is 2.46. The number of esters is 1. The second-order valence-corrected chi connectivity index (χ2v) is 3.63. The molecule has 0 aliphatic carbocycles. The minimum absolute atomic E-state index is 0.308. The van der Waals surface area contributed by atoms with Crippen LogP contribution in [0.15, 0.2) is 0 Å². The van der Waals surface area contributed by atoms with Gasteiger partial charge in [-0.15, -0.1) is 11.3 Å². The molecule has 0 spiro atoms. The van der Waals surface area contributed by atoms with E-state index in [2.05, 4.69) is 15.0 Å². The lowest BCUT2D eigenvalue weighted by Crippen LogP contribution is -2.04. The third kappa shape index (κ3) is 2.26. The van der Waals surface area contributed by atoms with Gasteiger partial charge in [-0.1, -0.05) is 0 Å². The van der Waals surface area contributed by atoms with Crippen LogP contribution in [0, 0.1) is 6.92 Å². The quantitative estimate of drug-likeness (QED) is 0.738. The molecular weight excluding hydrogens is 188 g/mol. The summed E-state index contributed by atoms with van der Waals surface area (Å²) in [5.41, 5.74) is 0.738. The molecule has 0 amide bonds. The summed E-state index contributed by atoms with van der Waals surface area (Å²) < 4.78 is 4.62. The van der Waals surface area contributed by atoms with Crippen LogP contribution in [0.4, 0.5) is 0 Å². The number of carbonyl (C=O) groups is 1. The molecule has 1 aromatic rings. The Hall–Kier alpha value is -0.940. The summed E-state index contributed by atoms with van der Waals surface area (Å²) >= 11 is 1.37. The summed E-state index contributed by atoms with van der Waals surface area (Å²) in [5.74, 6) is -0.308. The number of aryl methyl sites for hydroxylation is 1. The van der Waals surface area contributed by atoms with Crippen molar-refractivity contribution < 1.29 is 9.53 Å². The van der Waals surface area contributed by atoms with E-state index in [9.17, 15) is 4.79 Å². The SMILES string of the molecule is CNCc1nc(C)c(C(=O)OC)s1. The van der Waals surface area contributed by atoms with Crippen molar-refractivity contribution in [3.63, 3.8) is 0 Å². The highest BCUT2D eigenvalue weighted by atomic mass is 32.1. The van der Waals surface area contributed by atoms with Crippen molar-refractivity contribution >= 4 is 17.3 Å². The first-order valence-corrected chi connectivity index (χ1v) is 4.70. The van der Waals surface area contributed by atoms with Gasteiger partial charge in [0.1, 0.15) is 9.88 Å². The van der Waals surface area contributed by atoms with Crippen LogP contribution in [0.1, 0.15) is 20.4 Å². The number of nitrogens with zero attached hydrogens (tertiary/aromatic N) is 1. The molecule has 0 aliphatic heterocycles. The maximum absolute atomic E-state index is 11.2. The maximum Gasteiger partial charge on any atom is 0.349 e. The van der Waals surface area contributed by atoms with E-state index in [1.165, 1.54) is 18.4 Å². The molecule has 0 radical (unpaired) electrons. The van der Waals surface area contributed by atoms with Gasteiger partial charge >= 0.3 is 5.97 Å². The van der Waals surface area contributed by atoms with Crippen molar-refractivity contribution in [3.05, 3.63) is 15.6 Å². The Morgan fingerprint density at radius 2 is 2.38 bits per heavy atom. The third-order valence-electron chi connectivity index (χ3n) is 1.54. The zero-order valence-corrected chi connectivity index (χ0v) is 8.70. The Morgan fingerprint density at radius 1 is 1.69 bits per heavy atom. The highest BCUT2D eigenvalue weighted by Crippen LogP contribution is 2.18. The molecule has 0 atom stereocenters. The van der Waals surface area contributed by atoms with Crippen molar-refractivity contribution in [1.29, 1.82) is 0 Å². The van der Waals surface area contributed by atoms with Crippen LogP contribution in [-0.4, -0.2) is 25.1 Å². The largest absolute Gasteiger partial charge is 0.465 e. The number of carbonyl (C=O) groups excluding carboxylic acids is 1. The highest BCUT2D eigenvalue weighted by molar-refractivity contribution is 7.13. The number of rotatable bonds is 3. The van der Waals surface area contributed by atoms with Crippen LogP contribution in [-0.2, 0) is 11.3 Å². The minimum Gasteiger partial charge on any atom is -0.465 e. The lowest BCUT2D eigenvalue weighted by Gasteiger charge is -1.93. The fourth-order valence-electron chi connectivity index (χ4n) is 0.961. The summed E-state index contributed by atoms with van der Waals surface area (Å²) in [4.78, 5) is 16.0. The first-order valence-electron chi connectivity index (χ1n) is 3.88. The van der Waals surface area contributed by atoms with E-state index in [1.54, 1.807) is 0 Å². The number of nitrogens with one attached hydrogen (secondary N) is 1. The van der Waals surface area contributed by atoms with Crippen LogP contribution >= 0.6 is 11.3 Å². The predicted molar refractivity (Wildman–Crippen MR) is 51.0 cm³/mol. The van der Waals surface area contributed by atoms with Gasteiger partial charge in [0.15, 0.2) is 0 Å². The molecule has 0 fully saturated rings.